The van der Waals surface area contributed by atoms with Gasteiger partial charge in [-0.2, -0.15) is 0 Å². The second-order valence-corrected chi connectivity index (χ2v) is 8.10. The van der Waals surface area contributed by atoms with Gasteiger partial charge in [0.05, 0.1) is 17.3 Å². The van der Waals surface area contributed by atoms with Gasteiger partial charge in [-0.15, -0.1) is 4.91 Å². The number of pyridine rings is 1. The fourth-order valence-corrected chi connectivity index (χ4v) is 3.86. The van der Waals surface area contributed by atoms with Gasteiger partial charge in [0.1, 0.15) is 5.02 Å². The fraction of sp³-hybridized carbons (Fsp3) is 0.217. The molecule has 2 aromatic carbocycles. The largest absolute Gasteiger partial charge is 0.369 e. The average Bonchev–Trinajstić information content (AvgIpc) is 2.76. The summed E-state index contributed by atoms with van der Waals surface area (Å²) in [5.74, 6) is -0.814. The molecule has 3 rings (SSSR count). The highest BCUT2D eigenvalue weighted by Gasteiger charge is 2.15. The van der Waals surface area contributed by atoms with E-state index < -0.39 is 5.91 Å². The molecule has 3 aromatic rings. The van der Waals surface area contributed by atoms with Gasteiger partial charge in [-0.25, -0.2) is 0 Å². The van der Waals surface area contributed by atoms with Gasteiger partial charge in [-0.05, 0) is 54.8 Å². The number of amides is 1. The van der Waals surface area contributed by atoms with Crippen LogP contribution in [0.2, 0.25) is 10.0 Å². The Labute approximate surface area is 190 Å². The zero-order valence-corrected chi connectivity index (χ0v) is 18.7. The van der Waals surface area contributed by atoms with Crippen molar-refractivity contribution in [2.75, 3.05) is 11.9 Å². The van der Waals surface area contributed by atoms with Crippen molar-refractivity contribution in [3.05, 3.63) is 102 Å². The minimum absolute atomic E-state index is 0.0601. The number of hydrogen-bond acceptors (Lipinski definition) is 4. The average molecular weight is 458 g/mol. The lowest BCUT2D eigenvalue weighted by Gasteiger charge is -2.23. The Kier molecular flexibility index (Phi) is 7.25. The zero-order valence-electron chi connectivity index (χ0n) is 17.1. The summed E-state index contributed by atoms with van der Waals surface area (Å²) >= 11 is 12.6. The first-order valence-corrected chi connectivity index (χ1v) is 10.4. The third kappa shape index (κ3) is 5.40. The van der Waals surface area contributed by atoms with E-state index in [4.69, 9.17) is 23.2 Å². The maximum Gasteiger partial charge on any atom is 0.316 e. The number of hydrogen-bond donors (Lipinski definition) is 0. The standard InChI is InChI=1S/C23H21Cl2N3O3/c1-15-4-3-5-18(12-15)27(2)14-21-19(24)13-20(25)23(30)28(21)11-10-16-6-8-17(9-7-16)22(29)26-31/h3-9,12-13H,10-11,14H2,1-2H3. The van der Waals surface area contributed by atoms with Gasteiger partial charge >= 0.3 is 5.91 Å². The highest BCUT2D eigenvalue weighted by Crippen LogP contribution is 2.23. The second kappa shape index (κ2) is 9.90. The van der Waals surface area contributed by atoms with Crippen LogP contribution in [0.1, 0.15) is 27.2 Å². The highest BCUT2D eigenvalue weighted by molar-refractivity contribution is 6.34. The van der Waals surface area contributed by atoms with Crippen molar-refractivity contribution in [3.8, 4) is 0 Å². The predicted octanol–water partition coefficient (Wildman–Crippen LogP) is 5.25. The molecule has 0 saturated heterocycles. The van der Waals surface area contributed by atoms with E-state index in [0.29, 0.717) is 30.2 Å². The summed E-state index contributed by atoms with van der Waals surface area (Å²) in [6.45, 7) is 2.80. The normalized spacial score (nSPS) is 10.7. The van der Waals surface area contributed by atoms with E-state index in [9.17, 15) is 14.5 Å². The maximum absolute atomic E-state index is 12.8. The lowest BCUT2D eigenvalue weighted by molar-refractivity contribution is 0.100. The quantitative estimate of drug-likeness (QED) is 0.454. The van der Waals surface area contributed by atoms with E-state index in [1.807, 2.05) is 37.1 Å². The molecule has 0 aliphatic heterocycles. The van der Waals surface area contributed by atoms with Crippen molar-refractivity contribution < 1.29 is 4.79 Å². The molecule has 6 nitrogen and oxygen atoms in total. The first-order chi connectivity index (χ1) is 14.8. The minimum atomic E-state index is -0.814. The van der Waals surface area contributed by atoms with Crippen molar-refractivity contribution in [1.82, 2.24) is 4.57 Å². The van der Waals surface area contributed by atoms with Gasteiger partial charge < -0.3 is 9.47 Å². The SMILES string of the molecule is Cc1cccc(N(C)Cc2c(Cl)cc(Cl)c(=O)n2CCc2ccc(C(=O)N=O)cc2)c1. The summed E-state index contributed by atoms with van der Waals surface area (Å²) in [5.41, 5.74) is 3.61. The van der Waals surface area contributed by atoms with Crippen LogP contribution in [-0.4, -0.2) is 17.5 Å². The van der Waals surface area contributed by atoms with Gasteiger partial charge in [0, 0.05) is 30.0 Å². The van der Waals surface area contributed by atoms with E-state index in [1.165, 1.54) is 6.07 Å². The minimum Gasteiger partial charge on any atom is -0.369 e. The molecule has 1 heterocycles. The van der Waals surface area contributed by atoms with Crippen molar-refractivity contribution in [2.24, 2.45) is 5.18 Å². The fourth-order valence-electron chi connectivity index (χ4n) is 3.32. The molecular formula is C23H21Cl2N3O3. The highest BCUT2D eigenvalue weighted by atomic mass is 35.5. The molecule has 0 saturated carbocycles. The first-order valence-electron chi connectivity index (χ1n) is 9.62. The van der Waals surface area contributed by atoms with Gasteiger partial charge in [0.25, 0.3) is 5.56 Å². The second-order valence-electron chi connectivity index (χ2n) is 7.28. The predicted molar refractivity (Wildman–Crippen MR) is 124 cm³/mol. The summed E-state index contributed by atoms with van der Waals surface area (Å²) in [7, 11) is 1.94. The number of nitrogens with zero attached hydrogens (tertiary/aromatic N) is 3. The molecule has 1 aromatic heterocycles. The number of carbonyl (C=O) groups excluding carboxylic acids is 1. The molecule has 160 valence electrons. The molecule has 0 aliphatic carbocycles. The van der Waals surface area contributed by atoms with Crippen LogP contribution in [0.25, 0.3) is 0 Å². The molecular weight excluding hydrogens is 437 g/mol. The molecule has 8 heteroatoms. The Hall–Kier alpha value is -2.96. The number of nitroso groups, excluding NO2 is 1. The Morgan fingerprint density at radius 3 is 2.42 bits per heavy atom. The lowest BCUT2D eigenvalue weighted by Crippen LogP contribution is -2.29. The van der Waals surface area contributed by atoms with Crippen molar-refractivity contribution >= 4 is 34.8 Å². The van der Waals surface area contributed by atoms with Crippen molar-refractivity contribution in [3.63, 3.8) is 0 Å². The summed E-state index contributed by atoms with van der Waals surface area (Å²) in [4.78, 5) is 36.5. The van der Waals surface area contributed by atoms with Crippen molar-refractivity contribution in [2.45, 2.75) is 26.4 Å². The number of benzene rings is 2. The number of halogens is 2. The molecule has 0 bridgehead atoms. The number of anilines is 1. The van der Waals surface area contributed by atoms with Gasteiger partial charge in [0.2, 0.25) is 0 Å². The maximum atomic E-state index is 12.8. The first kappa shape index (κ1) is 22.7. The van der Waals surface area contributed by atoms with E-state index in [0.717, 1.165) is 16.8 Å². The Bertz CT molecular complexity index is 1170. The zero-order chi connectivity index (χ0) is 22.5. The van der Waals surface area contributed by atoms with E-state index in [2.05, 4.69) is 11.2 Å². The molecule has 0 aliphatic rings. The molecule has 0 fully saturated rings. The number of aryl methyl sites for hydroxylation is 2. The van der Waals surface area contributed by atoms with E-state index in [1.54, 1.807) is 28.8 Å². The number of rotatable bonds is 7. The van der Waals surface area contributed by atoms with Crippen LogP contribution in [-0.2, 0) is 19.5 Å². The molecule has 0 N–H and O–H groups in total. The van der Waals surface area contributed by atoms with Crippen molar-refractivity contribution in [1.29, 1.82) is 0 Å². The third-order valence-corrected chi connectivity index (χ3v) is 5.64. The summed E-state index contributed by atoms with van der Waals surface area (Å²) < 4.78 is 1.59. The molecule has 31 heavy (non-hydrogen) atoms. The van der Waals surface area contributed by atoms with Crippen LogP contribution in [0, 0.1) is 11.8 Å². The smallest absolute Gasteiger partial charge is 0.316 e. The Morgan fingerprint density at radius 1 is 1.06 bits per heavy atom. The van der Waals surface area contributed by atoms with Crippen LogP contribution in [0.3, 0.4) is 0 Å². The van der Waals surface area contributed by atoms with Gasteiger partial charge in [0.15, 0.2) is 0 Å². The van der Waals surface area contributed by atoms with Crippen LogP contribution in [0.4, 0.5) is 5.69 Å². The van der Waals surface area contributed by atoms with Crippen LogP contribution >= 0.6 is 23.2 Å². The van der Waals surface area contributed by atoms with E-state index >= 15 is 0 Å². The monoisotopic (exact) mass is 457 g/mol. The molecule has 0 radical (unpaired) electrons. The van der Waals surface area contributed by atoms with Gasteiger partial charge in [-0.1, -0.05) is 47.5 Å². The van der Waals surface area contributed by atoms with E-state index in [-0.39, 0.29) is 16.1 Å². The van der Waals surface area contributed by atoms with Crippen LogP contribution in [0.15, 0.2) is 64.6 Å². The molecule has 1 amide bonds. The van der Waals surface area contributed by atoms with Crippen LogP contribution < -0.4 is 10.5 Å². The topological polar surface area (TPSA) is 71.7 Å². The Morgan fingerprint density at radius 2 is 1.77 bits per heavy atom. The Balaban J connectivity index is 1.86. The van der Waals surface area contributed by atoms with Gasteiger partial charge in [-0.3, -0.25) is 9.59 Å². The third-order valence-electron chi connectivity index (χ3n) is 5.04. The number of aromatic nitrogens is 1. The summed E-state index contributed by atoms with van der Waals surface area (Å²) in [6, 6.07) is 16.1. The summed E-state index contributed by atoms with van der Waals surface area (Å²) in [6.07, 6.45) is 0.515. The number of carbonyl (C=O) groups is 1. The molecule has 0 unspecified atom stereocenters. The van der Waals surface area contributed by atoms with Crippen LogP contribution in [0.5, 0.6) is 0 Å². The lowest BCUT2D eigenvalue weighted by atomic mass is 10.1. The molecule has 0 spiro atoms. The molecule has 0 atom stereocenters. The summed E-state index contributed by atoms with van der Waals surface area (Å²) in [5, 5.41) is 2.89.